The minimum atomic E-state index is 0.660. The molecule has 1 nitrogen and oxygen atoms in total. The number of ether oxygens (including phenoxy) is 1. The van der Waals surface area contributed by atoms with Crippen molar-refractivity contribution >= 4 is 27.7 Å². The average Bonchev–Trinajstić information content (AvgIpc) is 2.65. The second kappa shape index (κ2) is 5.26. The number of methoxy groups -OCH3 is 1. The summed E-state index contributed by atoms with van der Waals surface area (Å²) in [5, 5.41) is 0. The molecule has 1 saturated heterocycles. The fraction of sp³-hybridized carbons (Fsp3) is 0.500. The number of hydrogen-bond donors (Lipinski definition) is 0. The van der Waals surface area contributed by atoms with E-state index in [2.05, 4.69) is 28.1 Å². The molecule has 1 fully saturated rings. The van der Waals surface area contributed by atoms with Crippen LogP contribution >= 0.6 is 27.7 Å². The lowest BCUT2D eigenvalue weighted by atomic mass is 9.98. The Bertz CT molecular complexity index is 329. The fourth-order valence-corrected chi connectivity index (χ4v) is 4.38. The number of rotatable bonds is 3. The Morgan fingerprint density at radius 1 is 1.40 bits per heavy atom. The summed E-state index contributed by atoms with van der Waals surface area (Å²) in [5.74, 6) is 4.26. The summed E-state index contributed by atoms with van der Waals surface area (Å²) in [6.45, 7) is 0. The highest BCUT2D eigenvalue weighted by Gasteiger charge is 2.26. The molecular weight excluding hydrogens is 272 g/mol. The Morgan fingerprint density at radius 3 is 2.87 bits per heavy atom. The number of para-hydroxylation sites is 1. The van der Waals surface area contributed by atoms with Crippen molar-refractivity contribution in [3.63, 3.8) is 0 Å². The molecular formula is C12H15BrOS. The second-order valence-corrected chi connectivity index (χ2v) is 6.08. The van der Waals surface area contributed by atoms with Crippen molar-refractivity contribution < 1.29 is 4.74 Å². The van der Waals surface area contributed by atoms with Gasteiger partial charge in [0.05, 0.1) is 7.11 Å². The SMILES string of the molecule is COc1ccccc1CC1CSCC1Br. The first-order valence-electron chi connectivity index (χ1n) is 5.15. The number of alkyl halides is 1. The molecule has 0 N–H and O–H groups in total. The normalized spacial score (nSPS) is 25.5. The lowest BCUT2D eigenvalue weighted by Gasteiger charge is -2.15. The van der Waals surface area contributed by atoms with E-state index in [1.807, 2.05) is 23.9 Å². The highest BCUT2D eigenvalue weighted by atomic mass is 79.9. The van der Waals surface area contributed by atoms with Crippen molar-refractivity contribution in [1.82, 2.24) is 0 Å². The lowest BCUT2D eigenvalue weighted by Crippen LogP contribution is -2.14. The van der Waals surface area contributed by atoms with E-state index in [-0.39, 0.29) is 0 Å². The standard InChI is InChI=1S/C12H15BrOS/c1-14-12-5-3-2-4-9(12)6-10-7-15-8-11(10)13/h2-5,10-11H,6-8H2,1H3. The fourth-order valence-electron chi connectivity index (χ4n) is 1.91. The molecule has 1 aliphatic heterocycles. The molecule has 3 heteroatoms. The molecule has 0 spiro atoms. The third kappa shape index (κ3) is 2.70. The summed E-state index contributed by atoms with van der Waals surface area (Å²) in [6.07, 6.45) is 1.12. The van der Waals surface area contributed by atoms with Crippen LogP contribution in [0.25, 0.3) is 0 Å². The Labute approximate surface area is 104 Å². The third-order valence-electron chi connectivity index (χ3n) is 2.80. The van der Waals surface area contributed by atoms with Gasteiger partial charge in [-0.25, -0.2) is 0 Å². The second-order valence-electron chi connectivity index (χ2n) is 3.83. The van der Waals surface area contributed by atoms with Gasteiger partial charge in [-0.15, -0.1) is 0 Å². The van der Waals surface area contributed by atoms with Gasteiger partial charge in [-0.1, -0.05) is 34.1 Å². The van der Waals surface area contributed by atoms with E-state index in [9.17, 15) is 0 Å². The summed E-state index contributed by atoms with van der Waals surface area (Å²) >= 11 is 5.78. The van der Waals surface area contributed by atoms with Crippen molar-refractivity contribution in [2.75, 3.05) is 18.6 Å². The molecule has 0 radical (unpaired) electrons. The minimum absolute atomic E-state index is 0.660. The van der Waals surface area contributed by atoms with Gasteiger partial charge in [0.25, 0.3) is 0 Å². The summed E-state index contributed by atoms with van der Waals surface area (Å²) in [7, 11) is 1.74. The molecule has 15 heavy (non-hydrogen) atoms. The van der Waals surface area contributed by atoms with Gasteiger partial charge in [-0.2, -0.15) is 11.8 Å². The quantitative estimate of drug-likeness (QED) is 0.788. The van der Waals surface area contributed by atoms with Gasteiger partial charge in [-0.3, -0.25) is 0 Å². The van der Waals surface area contributed by atoms with Gasteiger partial charge in [0.15, 0.2) is 0 Å². The van der Waals surface area contributed by atoms with Crippen molar-refractivity contribution in [2.24, 2.45) is 5.92 Å². The molecule has 0 saturated carbocycles. The summed E-state index contributed by atoms with van der Waals surface area (Å²) in [6, 6.07) is 8.32. The van der Waals surface area contributed by atoms with E-state index in [4.69, 9.17) is 4.74 Å². The van der Waals surface area contributed by atoms with Crippen molar-refractivity contribution in [2.45, 2.75) is 11.2 Å². The zero-order chi connectivity index (χ0) is 10.7. The van der Waals surface area contributed by atoms with Gasteiger partial charge >= 0.3 is 0 Å². The maximum atomic E-state index is 5.37. The predicted molar refractivity (Wildman–Crippen MR) is 70.2 cm³/mol. The van der Waals surface area contributed by atoms with E-state index in [1.165, 1.54) is 17.1 Å². The van der Waals surface area contributed by atoms with Gasteiger partial charge < -0.3 is 4.74 Å². The number of hydrogen-bond acceptors (Lipinski definition) is 2. The molecule has 0 amide bonds. The predicted octanol–water partition coefficient (Wildman–Crippen LogP) is 3.36. The number of benzene rings is 1. The first-order valence-corrected chi connectivity index (χ1v) is 7.22. The maximum absolute atomic E-state index is 5.37. The van der Waals surface area contributed by atoms with Crippen LogP contribution in [-0.2, 0) is 6.42 Å². The summed E-state index contributed by atoms with van der Waals surface area (Å²) in [5.41, 5.74) is 1.33. The highest BCUT2D eigenvalue weighted by Crippen LogP contribution is 2.34. The molecule has 82 valence electrons. The first-order chi connectivity index (χ1) is 7.31. The topological polar surface area (TPSA) is 9.23 Å². The highest BCUT2D eigenvalue weighted by molar-refractivity contribution is 9.09. The third-order valence-corrected chi connectivity index (χ3v) is 5.55. The van der Waals surface area contributed by atoms with Crippen LogP contribution in [0.3, 0.4) is 0 Å². The molecule has 1 heterocycles. The van der Waals surface area contributed by atoms with Gasteiger partial charge in [0.1, 0.15) is 5.75 Å². The van der Waals surface area contributed by atoms with Crippen molar-refractivity contribution in [1.29, 1.82) is 0 Å². The van der Waals surface area contributed by atoms with Crippen LogP contribution in [-0.4, -0.2) is 23.4 Å². The van der Waals surface area contributed by atoms with E-state index in [1.54, 1.807) is 7.11 Å². The molecule has 2 unspecified atom stereocenters. The largest absolute Gasteiger partial charge is 0.496 e. The Kier molecular flexibility index (Phi) is 3.98. The lowest BCUT2D eigenvalue weighted by molar-refractivity contribution is 0.406. The van der Waals surface area contributed by atoms with E-state index >= 15 is 0 Å². The van der Waals surface area contributed by atoms with Crippen LogP contribution in [0.15, 0.2) is 24.3 Å². The van der Waals surface area contributed by atoms with Crippen LogP contribution in [0, 0.1) is 5.92 Å². The molecule has 1 aliphatic rings. The number of halogens is 1. The van der Waals surface area contributed by atoms with Crippen LogP contribution < -0.4 is 4.74 Å². The monoisotopic (exact) mass is 286 g/mol. The summed E-state index contributed by atoms with van der Waals surface area (Å²) < 4.78 is 5.37. The van der Waals surface area contributed by atoms with Crippen LogP contribution in [0.4, 0.5) is 0 Å². The van der Waals surface area contributed by atoms with Gasteiger partial charge in [0.2, 0.25) is 0 Å². The Hall–Kier alpha value is -0.150. The average molecular weight is 287 g/mol. The summed E-state index contributed by atoms with van der Waals surface area (Å²) in [4.78, 5) is 0.660. The Morgan fingerprint density at radius 2 is 2.20 bits per heavy atom. The van der Waals surface area contributed by atoms with E-state index in [0.29, 0.717) is 4.83 Å². The number of thioether (sulfide) groups is 1. The van der Waals surface area contributed by atoms with Crippen LogP contribution in [0.1, 0.15) is 5.56 Å². The molecule has 0 aliphatic carbocycles. The van der Waals surface area contributed by atoms with Crippen molar-refractivity contribution in [3.8, 4) is 5.75 Å². The molecule has 2 atom stereocenters. The Balaban J connectivity index is 2.09. The molecule has 1 aromatic carbocycles. The van der Waals surface area contributed by atoms with E-state index in [0.717, 1.165) is 18.1 Å². The smallest absolute Gasteiger partial charge is 0.122 e. The zero-order valence-electron chi connectivity index (χ0n) is 8.78. The van der Waals surface area contributed by atoms with Crippen LogP contribution in [0.2, 0.25) is 0 Å². The van der Waals surface area contributed by atoms with Crippen molar-refractivity contribution in [3.05, 3.63) is 29.8 Å². The van der Waals surface area contributed by atoms with Crippen LogP contribution in [0.5, 0.6) is 5.75 Å². The minimum Gasteiger partial charge on any atom is -0.496 e. The molecule has 1 aromatic rings. The first kappa shape index (κ1) is 11.3. The zero-order valence-corrected chi connectivity index (χ0v) is 11.2. The molecule has 0 aromatic heterocycles. The molecule has 0 bridgehead atoms. The van der Waals surface area contributed by atoms with E-state index < -0.39 is 0 Å². The van der Waals surface area contributed by atoms with Gasteiger partial charge in [-0.05, 0) is 29.7 Å². The molecule has 2 rings (SSSR count). The van der Waals surface area contributed by atoms with Gasteiger partial charge in [0, 0.05) is 10.6 Å². The maximum Gasteiger partial charge on any atom is 0.122 e.